The molecule has 1 amide bonds. The lowest BCUT2D eigenvalue weighted by Crippen LogP contribution is -2.24. The molecule has 0 spiro atoms. The summed E-state index contributed by atoms with van der Waals surface area (Å²) in [5.41, 5.74) is 1.02. The quantitative estimate of drug-likeness (QED) is 0.592. The third-order valence-electron chi connectivity index (χ3n) is 4.15. The molecule has 2 rings (SSSR count). The van der Waals surface area contributed by atoms with Crippen LogP contribution in [0.5, 0.6) is 11.5 Å². The van der Waals surface area contributed by atoms with Crippen molar-refractivity contribution < 1.29 is 35.9 Å². The van der Waals surface area contributed by atoms with Crippen molar-refractivity contribution >= 4 is 22.0 Å². The van der Waals surface area contributed by atoms with Gasteiger partial charge in [-0.15, -0.1) is 13.2 Å². The van der Waals surface area contributed by atoms with E-state index in [2.05, 4.69) is 14.8 Å². The smallest absolute Gasteiger partial charge is 0.495 e. The largest absolute Gasteiger partial charge is 0.573 e. The average Bonchev–Trinajstić information content (AvgIpc) is 2.71. The molecule has 2 aromatic carbocycles. The number of halogens is 3. The SMILES string of the molecule is CNS(=O)(=O)c1cc(/C=C/C(=O)NC(C)c2ccc(OC(F)(F)F)cc2)ccc1OC. The maximum atomic E-state index is 12.2. The van der Waals surface area contributed by atoms with Crippen molar-refractivity contribution in [2.24, 2.45) is 0 Å². The number of hydrogen-bond donors (Lipinski definition) is 2. The Hall–Kier alpha value is -3.05. The van der Waals surface area contributed by atoms with E-state index in [1.165, 1.54) is 50.6 Å². The Morgan fingerprint density at radius 3 is 2.32 bits per heavy atom. The van der Waals surface area contributed by atoms with Crippen LogP contribution in [0.15, 0.2) is 53.4 Å². The summed E-state index contributed by atoms with van der Waals surface area (Å²) in [4.78, 5) is 12.1. The second kappa shape index (κ2) is 9.84. The van der Waals surface area contributed by atoms with Gasteiger partial charge in [0.05, 0.1) is 13.2 Å². The number of alkyl halides is 3. The van der Waals surface area contributed by atoms with E-state index in [9.17, 15) is 26.4 Å². The van der Waals surface area contributed by atoms with Crippen LogP contribution in [0.1, 0.15) is 24.1 Å². The van der Waals surface area contributed by atoms with Crippen LogP contribution < -0.4 is 19.5 Å². The van der Waals surface area contributed by atoms with E-state index in [4.69, 9.17) is 4.74 Å². The van der Waals surface area contributed by atoms with Gasteiger partial charge in [0.15, 0.2) is 0 Å². The van der Waals surface area contributed by atoms with Gasteiger partial charge in [0.1, 0.15) is 16.4 Å². The molecule has 0 aliphatic rings. The monoisotopic (exact) mass is 458 g/mol. The number of benzene rings is 2. The highest BCUT2D eigenvalue weighted by atomic mass is 32.2. The summed E-state index contributed by atoms with van der Waals surface area (Å²) in [5.74, 6) is -0.680. The van der Waals surface area contributed by atoms with Crippen LogP contribution >= 0.6 is 0 Å². The van der Waals surface area contributed by atoms with Gasteiger partial charge in [0.25, 0.3) is 0 Å². The summed E-state index contributed by atoms with van der Waals surface area (Å²) in [6, 6.07) is 9.05. The number of hydrogen-bond acceptors (Lipinski definition) is 5. The van der Waals surface area contributed by atoms with Crippen LogP contribution in [0.25, 0.3) is 6.08 Å². The van der Waals surface area contributed by atoms with E-state index in [-0.39, 0.29) is 16.4 Å². The van der Waals surface area contributed by atoms with E-state index >= 15 is 0 Å². The van der Waals surface area contributed by atoms with Crippen LogP contribution in [0.3, 0.4) is 0 Å². The topological polar surface area (TPSA) is 93.7 Å². The summed E-state index contributed by atoms with van der Waals surface area (Å²) in [6.45, 7) is 1.66. The first-order valence-electron chi connectivity index (χ1n) is 8.91. The molecule has 0 aromatic heterocycles. The first-order chi connectivity index (χ1) is 14.4. The van der Waals surface area contributed by atoms with E-state index in [0.717, 1.165) is 12.1 Å². The fourth-order valence-corrected chi connectivity index (χ4v) is 3.52. The number of carbonyl (C=O) groups excluding carboxylic acids is 1. The van der Waals surface area contributed by atoms with Crippen LogP contribution in [-0.4, -0.2) is 34.8 Å². The first-order valence-corrected chi connectivity index (χ1v) is 10.4. The predicted octanol–water partition coefficient (Wildman–Crippen LogP) is 3.39. The Balaban J connectivity index is 2.07. The predicted molar refractivity (Wildman–Crippen MR) is 108 cm³/mol. The average molecular weight is 458 g/mol. The zero-order valence-electron chi connectivity index (χ0n) is 16.9. The molecule has 0 aliphatic carbocycles. The molecular weight excluding hydrogens is 437 g/mol. The number of methoxy groups -OCH3 is 1. The molecule has 2 aromatic rings. The van der Waals surface area contributed by atoms with Crippen LogP contribution in [0, 0.1) is 0 Å². The molecule has 0 heterocycles. The van der Waals surface area contributed by atoms with Crippen LogP contribution in [0.2, 0.25) is 0 Å². The second-order valence-electron chi connectivity index (χ2n) is 6.30. The second-order valence-corrected chi connectivity index (χ2v) is 8.15. The van der Waals surface area contributed by atoms with Gasteiger partial charge in [-0.1, -0.05) is 18.2 Å². The standard InChI is InChI=1S/C20H21F3N2O5S/c1-13(15-6-8-16(9-7-15)30-20(21,22)23)25-19(26)11-5-14-4-10-17(29-3)18(12-14)31(27,28)24-2/h4-13,24H,1-3H3,(H,25,26)/b11-5+. The normalized spacial score (nSPS) is 13.1. The van der Waals surface area contributed by atoms with Crippen molar-refractivity contribution in [3.8, 4) is 11.5 Å². The highest BCUT2D eigenvalue weighted by Gasteiger charge is 2.31. The number of rotatable bonds is 8. The molecule has 0 aliphatic heterocycles. The van der Waals surface area contributed by atoms with Crippen molar-refractivity contribution in [2.45, 2.75) is 24.2 Å². The summed E-state index contributed by atoms with van der Waals surface area (Å²) >= 11 is 0. The Labute approximate surface area is 177 Å². The molecule has 168 valence electrons. The van der Waals surface area contributed by atoms with Gasteiger partial charge in [-0.05, 0) is 55.4 Å². The number of sulfonamides is 1. The van der Waals surface area contributed by atoms with Gasteiger partial charge < -0.3 is 14.8 Å². The lowest BCUT2D eigenvalue weighted by molar-refractivity contribution is -0.274. The number of ether oxygens (including phenoxy) is 2. The summed E-state index contributed by atoms with van der Waals surface area (Å²) in [5, 5.41) is 2.67. The molecule has 2 N–H and O–H groups in total. The van der Waals surface area contributed by atoms with Gasteiger partial charge in [0, 0.05) is 6.08 Å². The minimum Gasteiger partial charge on any atom is -0.495 e. The third-order valence-corrected chi connectivity index (χ3v) is 5.58. The molecule has 31 heavy (non-hydrogen) atoms. The lowest BCUT2D eigenvalue weighted by Gasteiger charge is -2.14. The molecule has 0 saturated heterocycles. The zero-order chi connectivity index (χ0) is 23.2. The van der Waals surface area contributed by atoms with Crippen LogP contribution in [-0.2, 0) is 14.8 Å². The number of amides is 1. The lowest BCUT2D eigenvalue weighted by atomic mass is 10.1. The van der Waals surface area contributed by atoms with Gasteiger partial charge in [-0.2, -0.15) is 0 Å². The van der Waals surface area contributed by atoms with Gasteiger partial charge in [0.2, 0.25) is 15.9 Å². The van der Waals surface area contributed by atoms with Crippen molar-refractivity contribution in [3.63, 3.8) is 0 Å². The highest BCUT2D eigenvalue weighted by Crippen LogP contribution is 2.26. The van der Waals surface area contributed by atoms with Gasteiger partial charge in [-0.25, -0.2) is 13.1 Å². The minimum absolute atomic E-state index is 0.0745. The van der Waals surface area contributed by atoms with Gasteiger partial charge in [-0.3, -0.25) is 4.79 Å². The molecule has 1 atom stereocenters. The number of carbonyl (C=O) groups is 1. The van der Waals surface area contributed by atoms with Crippen molar-refractivity contribution in [1.29, 1.82) is 0 Å². The van der Waals surface area contributed by atoms with Crippen molar-refractivity contribution in [3.05, 3.63) is 59.7 Å². The van der Waals surface area contributed by atoms with E-state index in [1.807, 2.05) is 0 Å². The molecule has 0 bridgehead atoms. The maximum Gasteiger partial charge on any atom is 0.573 e. The Bertz CT molecular complexity index is 1050. The van der Waals surface area contributed by atoms with Crippen molar-refractivity contribution in [2.75, 3.05) is 14.2 Å². The maximum absolute atomic E-state index is 12.2. The van der Waals surface area contributed by atoms with Crippen molar-refractivity contribution in [1.82, 2.24) is 10.0 Å². The first kappa shape index (κ1) is 24.2. The molecule has 0 saturated carbocycles. The molecule has 1 unspecified atom stereocenters. The fraction of sp³-hybridized carbons (Fsp3) is 0.250. The summed E-state index contributed by atoms with van der Waals surface area (Å²) < 4.78 is 71.9. The third kappa shape index (κ3) is 7.00. The Morgan fingerprint density at radius 1 is 1.13 bits per heavy atom. The Kier molecular flexibility index (Phi) is 7.69. The molecule has 0 fully saturated rings. The zero-order valence-corrected chi connectivity index (χ0v) is 17.7. The summed E-state index contributed by atoms with van der Waals surface area (Å²) in [7, 11) is -1.15. The van der Waals surface area contributed by atoms with Crippen LogP contribution in [0.4, 0.5) is 13.2 Å². The van der Waals surface area contributed by atoms with Gasteiger partial charge >= 0.3 is 6.36 Å². The molecular formula is C20H21F3N2O5S. The summed E-state index contributed by atoms with van der Waals surface area (Å²) in [6.07, 6.45) is -2.13. The molecule has 0 radical (unpaired) electrons. The van der Waals surface area contributed by atoms with E-state index < -0.39 is 28.3 Å². The highest BCUT2D eigenvalue weighted by molar-refractivity contribution is 7.89. The molecule has 11 heteroatoms. The van der Waals surface area contributed by atoms with E-state index in [1.54, 1.807) is 13.0 Å². The Morgan fingerprint density at radius 2 is 1.77 bits per heavy atom. The minimum atomic E-state index is -4.78. The fourth-order valence-electron chi connectivity index (χ4n) is 2.59. The van der Waals surface area contributed by atoms with E-state index in [0.29, 0.717) is 11.1 Å². The molecule has 7 nitrogen and oxygen atoms in total. The number of nitrogens with one attached hydrogen (secondary N) is 2.